The number of methoxy groups -OCH3 is 1. The van der Waals surface area contributed by atoms with Gasteiger partial charge in [-0.1, -0.05) is 12.1 Å². The van der Waals surface area contributed by atoms with Gasteiger partial charge >= 0.3 is 0 Å². The molecule has 0 aliphatic heterocycles. The Kier molecular flexibility index (Phi) is 4.27. The highest BCUT2D eigenvalue weighted by Gasteiger charge is 2.10. The summed E-state index contributed by atoms with van der Waals surface area (Å²) in [5, 5.41) is 3.38. The summed E-state index contributed by atoms with van der Waals surface area (Å²) in [6, 6.07) is 8.08. The Labute approximate surface area is 121 Å². The van der Waals surface area contributed by atoms with Crippen LogP contribution < -0.4 is 15.8 Å². The topological polar surface area (TPSA) is 60.2 Å². The van der Waals surface area contributed by atoms with Crippen molar-refractivity contribution in [2.24, 2.45) is 0 Å². The van der Waals surface area contributed by atoms with E-state index < -0.39 is 0 Å². The average Bonchev–Trinajstić information content (AvgIpc) is 2.43. The Bertz CT molecular complexity index is 537. The van der Waals surface area contributed by atoms with Crippen LogP contribution in [0.2, 0.25) is 0 Å². The molecule has 0 saturated heterocycles. The zero-order valence-electron chi connectivity index (χ0n) is 10.9. The van der Waals surface area contributed by atoms with Crippen molar-refractivity contribution in [1.29, 1.82) is 0 Å². The first-order valence-corrected chi connectivity index (χ1v) is 6.70. The number of hydrogen-bond acceptors (Lipinski definition) is 4. The van der Waals surface area contributed by atoms with Gasteiger partial charge in [-0.2, -0.15) is 0 Å². The molecule has 0 aliphatic rings. The Hall–Kier alpha value is -1.75. The van der Waals surface area contributed by atoms with Crippen molar-refractivity contribution in [2.45, 2.75) is 13.0 Å². The van der Waals surface area contributed by atoms with E-state index >= 15 is 0 Å². The minimum atomic E-state index is 0.131. The molecule has 1 aromatic heterocycles. The van der Waals surface area contributed by atoms with Gasteiger partial charge in [0.15, 0.2) is 0 Å². The molecule has 19 heavy (non-hydrogen) atoms. The van der Waals surface area contributed by atoms with Gasteiger partial charge in [0.05, 0.1) is 29.2 Å². The van der Waals surface area contributed by atoms with Crippen LogP contribution in [0.4, 0.5) is 11.4 Å². The molecule has 4 nitrogen and oxygen atoms in total. The van der Waals surface area contributed by atoms with E-state index in [9.17, 15) is 0 Å². The second-order valence-electron chi connectivity index (χ2n) is 4.22. The second kappa shape index (κ2) is 5.93. The Balaban J connectivity index is 2.18. The molecular weight excluding hydrogens is 306 g/mol. The molecule has 0 aliphatic carbocycles. The normalized spacial score (nSPS) is 11.9. The van der Waals surface area contributed by atoms with Crippen LogP contribution in [0.15, 0.2) is 41.1 Å². The van der Waals surface area contributed by atoms with Crippen LogP contribution in [0.25, 0.3) is 0 Å². The van der Waals surface area contributed by atoms with Crippen LogP contribution in [0.5, 0.6) is 5.75 Å². The van der Waals surface area contributed by atoms with Gasteiger partial charge < -0.3 is 15.8 Å². The molecule has 2 aromatic rings. The van der Waals surface area contributed by atoms with Crippen LogP contribution in [0.3, 0.4) is 0 Å². The maximum Gasteiger partial charge on any atom is 0.118 e. The van der Waals surface area contributed by atoms with Crippen molar-refractivity contribution < 1.29 is 4.74 Å². The number of anilines is 2. The molecule has 1 aromatic carbocycles. The summed E-state index contributed by atoms with van der Waals surface area (Å²) in [7, 11) is 1.66. The van der Waals surface area contributed by atoms with E-state index in [1.54, 1.807) is 19.5 Å². The van der Waals surface area contributed by atoms with Crippen molar-refractivity contribution >= 4 is 27.3 Å². The van der Waals surface area contributed by atoms with E-state index in [0.717, 1.165) is 21.5 Å². The highest BCUT2D eigenvalue weighted by molar-refractivity contribution is 9.10. The lowest BCUT2D eigenvalue weighted by Gasteiger charge is -2.18. The summed E-state index contributed by atoms with van der Waals surface area (Å²) in [6.45, 7) is 2.08. The molecule has 2 rings (SSSR count). The first-order valence-electron chi connectivity index (χ1n) is 5.91. The second-order valence-corrected chi connectivity index (χ2v) is 5.08. The summed E-state index contributed by atoms with van der Waals surface area (Å²) in [6.07, 6.45) is 3.35. The number of halogens is 1. The van der Waals surface area contributed by atoms with Crippen molar-refractivity contribution in [3.05, 3.63) is 46.7 Å². The molecular formula is C14H16BrN3O. The van der Waals surface area contributed by atoms with Gasteiger partial charge in [0.1, 0.15) is 5.75 Å². The summed E-state index contributed by atoms with van der Waals surface area (Å²) >= 11 is 3.45. The van der Waals surface area contributed by atoms with Gasteiger partial charge in [0, 0.05) is 12.2 Å². The van der Waals surface area contributed by atoms with Gasteiger partial charge in [-0.25, -0.2) is 0 Å². The van der Waals surface area contributed by atoms with E-state index in [-0.39, 0.29) is 6.04 Å². The van der Waals surface area contributed by atoms with Gasteiger partial charge in [-0.15, -0.1) is 0 Å². The van der Waals surface area contributed by atoms with Gasteiger partial charge in [-0.05, 0) is 40.5 Å². The lowest BCUT2D eigenvalue weighted by molar-refractivity contribution is 0.414. The fourth-order valence-corrected chi connectivity index (χ4v) is 2.26. The molecule has 1 unspecified atom stereocenters. The van der Waals surface area contributed by atoms with E-state index in [1.165, 1.54) is 0 Å². The molecule has 0 radical (unpaired) electrons. The number of hydrogen-bond donors (Lipinski definition) is 2. The number of benzene rings is 1. The largest absolute Gasteiger partial charge is 0.497 e. The summed E-state index contributed by atoms with van der Waals surface area (Å²) in [5.41, 5.74) is 8.55. The zero-order valence-corrected chi connectivity index (χ0v) is 12.4. The Morgan fingerprint density at radius 1 is 1.26 bits per heavy atom. The number of nitrogens with zero attached hydrogens (tertiary/aromatic N) is 1. The molecule has 0 bridgehead atoms. The van der Waals surface area contributed by atoms with Crippen LogP contribution in [0, 0.1) is 0 Å². The average molecular weight is 322 g/mol. The van der Waals surface area contributed by atoms with Gasteiger partial charge in [-0.3, -0.25) is 4.98 Å². The third-order valence-electron chi connectivity index (χ3n) is 2.91. The van der Waals surface area contributed by atoms with Crippen molar-refractivity contribution in [2.75, 3.05) is 18.2 Å². The lowest BCUT2D eigenvalue weighted by Crippen LogP contribution is -2.09. The molecule has 0 spiro atoms. The molecule has 0 saturated carbocycles. The summed E-state index contributed by atoms with van der Waals surface area (Å²) in [4.78, 5) is 4.02. The predicted octanol–water partition coefficient (Wildman–Crippen LogP) is 3.61. The van der Waals surface area contributed by atoms with Crippen LogP contribution in [-0.2, 0) is 0 Å². The maximum atomic E-state index is 5.92. The first-order chi connectivity index (χ1) is 9.11. The van der Waals surface area contributed by atoms with E-state index in [0.29, 0.717) is 5.69 Å². The quantitative estimate of drug-likeness (QED) is 0.903. The van der Waals surface area contributed by atoms with Crippen LogP contribution in [-0.4, -0.2) is 12.1 Å². The third kappa shape index (κ3) is 3.17. The summed E-state index contributed by atoms with van der Waals surface area (Å²) < 4.78 is 6.00. The predicted molar refractivity (Wildman–Crippen MR) is 81.4 cm³/mol. The number of nitrogens with one attached hydrogen (secondary N) is 1. The maximum absolute atomic E-state index is 5.92. The number of ether oxygens (including phenoxy) is 1. The van der Waals surface area contributed by atoms with Crippen LogP contribution in [0.1, 0.15) is 18.5 Å². The Morgan fingerprint density at radius 2 is 1.95 bits per heavy atom. The van der Waals surface area contributed by atoms with E-state index in [2.05, 4.69) is 33.2 Å². The molecule has 3 N–H and O–H groups in total. The van der Waals surface area contributed by atoms with E-state index in [1.807, 2.05) is 24.3 Å². The minimum Gasteiger partial charge on any atom is -0.497 e. The van der Waals surface area contributed by atoms with Crippen LogP contribution >= 0.6 is 15.9 Å². The smallest absolute Gasteiger partial charge is 0.118 e. The SMILES string of the molecule is COc1ccc(C(C)Nc2c(N)cncc2Br)cc1. The Morgan fingerprint density at radius 3 is 2.53 bits per heavy atom. The van der Waals surface area contributed by atoms with Crippen molar-refractivity contribution in [1.82, 2.24) is 4.98 Å². The highest BCUT2D eigenvalue weighted by atomic mass is 79.9. The number of aromatic nitrogens is 1. The fraction of sp³-hybridized carbons (Fsp3) is 0.214. The first kappa shape index (κ1) is 13.7. The van der Waals surface area contributed by atoms with Gasteiger partial charge in [0.2, 0.25) is 0 Å². The molecule has 5 heteroatoms. The molecule has 1 atom stereocenters. The lowest BCUT2D eigenvalue weighted by atomic mass is 10.1. The number of rotatable bonds is 4. The number of nitrogens with two attached hydrogens (primary N) is 1. The van der Waals surface area contributed by atoms with E-state index in [4.69, 9.17) is 10.5 Å². The summed E-state index contributed by atoms with van der Waals surface area (Å²) in [5.74, 6) is 0.848. The minimum absolute atomic E-state index is 0.131. The fourth-order valence-electron chi connectivity index (χ4n) is 1.79. The number of pyridine rings is 1. The highest BCUT2D eigenvalue weighted by Crippen LogP contribution is 2.31. The molecule has 0 amide bonds. The standard InChI is InChI=1S/C14H16BrN3O/c1-9(10-3-5-11(19-2)6-4-10)18-14-12(15)7-17-8-13(14)16/h3-9H,16H2,1-2H3,(H,17,18). The van der Waals surface area contributed by atoms with Gasteiger partial charge in [0.25, 0.3) is 0 Å². The monoisotopic (exact) mass is 321 g/mol. The van der Waals surface area contributed by atoms with Crippen molar-refractivity contribution in [3.63, 3.8) is 0 Å². The zero-order chi connectivity index (χ0) is 13.8. The van der Waals surface area contributed by atoms with Crippen molar-refractivity contribution in [3.8, 4) is 5.75 Å². The molecule has 0 fully saturated rings. The third-order valence-corrected chi connectivity index (χ3v) is 3.51. The number of nitrogen functional groups attached to an aromatic ring is 1. The molecule has 1 heterocycles. The molecule has 100 valence electrons.